The molecular formula is C24H22FN3O3. The van der Waals surface area contributed by atoms with Crippen molar-refractivity contribution in [1.29, 1.82) is 0 Å². The number of rotatable bonds is 6. The van der Waals surface area contributed by atoms with E-state index in [9.17, 15) is 14.0 Å². The average molecular weight is 419 g/mol. The number of benzene rings is 3. The number of ether oxygens (including phenoxy) is 1. The number of carbonyl (C=O) groups is 2. The van der Waals surface area contributed by atoms with Gasteiger partial charge in [0.25, 0.3) is 0 Å². The first-order valence-electron chi connectivity index (χ1n) is 9.60. The highest BCUT2D eigenvalue weighted by atomic mass is 19.1. The van der Waals surface area contributed by atoms with E-state index in [0.29, 0.717) is 22.6 Å². The number of anilines is 1. The molecule has 0 saturated heterocycles. The number of hydrazone groups is 1. The Bertz CT molecular complexity index is 1110. The van der Waals surface area contributed by atoms with E-state index in [1.165, 1.54) is 12.3 Å². The first-order valence-corrected chi connectivity index (χ1v) is 9.60. The van der Waals surface area contributed by atoms with Gasteiger partial charge in [0.2, 0.25) is 0 Å². The molecule has 0 aromatic heterocycles. The molecular weight excluding hydrogens is 397 g/mol. The molecule has 0 saturated carbocycles. The van der Waals surface area contributed by atoms with E-state index in [-0.39, 0.29) is 12.4 Å². The molecule has 6 nitrogen and oxygen atoms in total. The van der Waals surface area contributed by atoms with Crippen LogP contribution < -0.4 is 15.5 Å². The van der Waals surface area contributed by atoms with Crippen molar-refractivity contribution in [2.75, 3.05) is 5.32 Å². The Kier molecular flexibility index (Phi) is 7.11. The van der Waals surface area contributed by atoms with Crippen LogP contribution in [0.5, 0.6) is 5.75 Å². The molecule has 2 N–H and O–H groups in total. The molecule has 3 aromatic rings. The van der Waals surface area contributed by atoms with Crippen molar-refractivity contribution in [3.63, 3.8) is 0 Å². The molecule has 0 radical (unpaired) electrons. The Morgan fingerprint density at radius 2 is 1.74 bits per heavy atom. The van der Waals surface area contributed by atoms with Crippen LogP contribution in [0.25, 0.3) is 0 Å². The monoisotopic (exact) mass is 419 g/mol. The number of hydrogen-bond donors (Lipinski definition) is 2. The Labute approximate surface area is 179 Å². The van der Waals surface area contributed by atoms with Crippen LogP contribution in [0.15, 0.2) is 71.8 Å². The second kappa shape index (κ2) is 10.2. The van der Waals surface area contributed by atoms with Gasteiger partial charge in [-0.3, -0.25) is 9.59 Å². The van der Waals surface area contributed by atoms with Crippen molar-refractivity contribution in [2.45, 2.75) is 20.5 Å². The zero-order valence-corrected chi connectivity index (χ0v) is 17.2. The number of nitrogens with zero attached hydrogens (tertiary/aromatic N) is 1. The van der Waals surface area contributed by atoms with E-state index in [2.05, 4.69) is 15.8 Å². The van der Waals surface area contributed by atoms with E-state index in [4.69, 9.17) is 4.74 Å². The zero-order chi connectivity index (χ0) is 22.2. The van der Waals surface area contributed by atoms with Gasteiger partial charge in [-0.25, -0.2) is 9.82 Å². The number of amides is 2. The fraction of sp³-hybridized carbons (Fsp3) is 0.125. The van der Waals surface area contributed by atoms with Crippen molar-refractivity contribution in [3.05, 3.63) is 94.8 Å². The van der Waals surface area contributed by atoms with Gasteiger partial charge in [0, 0.05) is 11.3 Å². The molecule has 0 fully saturated rings. The van der Waals surface area contributed by atoms with Crippen LogP contribution in [0.3, 0.4) is 0 Å². The fourth-order valence-electron chi connectivity index (χ4n) is 2.78. The van der Waals surface area contributed by atoms with Gasteiger partial charge in [-0.15, -0.1) is 0 Å². The van der Waals surface area contributed by atoms with Crippen molar-refractivity contribution in [3.8, 4) is 5.75 Å². The lowest BCUT2D eigenvalue weighted by molar-refractivity contribution is -0.136. The molecule has 0 bridgehead atoms. The summed E-state index contributed by atoms with van der Waals surface area (Å²) >= 11 is 0. The van der Waals surface area contributed by atoms with Crippen LogP contribution in [0.2, 0.25) is 0 Å². The number of nitrogens with one attached hydrogen (secondary N) is 2. The summed E-state index contributed by atoms with van der Waals surface area (Å²) in [5, 5.41) is 6.36. The molecule has 0 heterocycles. The van der Waals surface area contributed by atoms with Crippen molar-refractivity contribution >= 4 is 23.7 Å². The standard InChI is InChI=1S/C24H22FN3O3/c1-16-7-12-22(17(2)13-16)27-23(29)24(30)28-26-14-18-8-10-20(11-9-18)31-15-19-5-3-4-6-21(19)25/h3-14H,15H2,1-2H3,(H,27,29)(H,28,30)/b26-14+. The summed E-state index contributed by atoms with van der Waals surface area (Å²) in [4.78, 5) is 23.9. The Morgan fingerprint density at radius 1 is 1.00 bits per heavy atom. The summed E-state index contributed by atoms with van der Waals surface area (Å²) in [5.41, 5.74) is 5.85. The maximum atomic E-state index is 13.6. The molecule has 0 aliphatic heterocycles. The van der Waals surface area contributed by atoms with E-state index in [1.807, 2.05) is 26.0 Å². The normalized spacial score (nSPS) is 10.7. The number of aryl methyl sites for hydroxylation is 2. The van der Waals surface area contributed by atoms with Crippen LogP contribution in [0, 0.1) is 19.7 Å². The molecule has 0 aliphatic rings. The third-order valence-electron chi connectivity index (χ3n) is 4.45. The van der Waals surface area contributed by atoms with Gasteiger partial charge >= 0.3 is 11.8 Å². The zero-order valence-electron chi connectivity index (χ0n) is 17.2. The lowest BCUT2D eigenvalue weighted by Gasteiger charge is -2.08. The highest BCUT2D eigenvalue weighted by Gasteiger charge is 2.13. The highest BCUT2D eigenvalue weighted by molar-refractivity contribution is 6.39. The van der Waals surface area contributed by atoms with E-state index >= 15 is 0 Å². The highest BCUT2D eigenvalue weighted by Crippen LogP contribution is 2.16. The third kappa shape index (κ3) is 6.24. The maximum Gasteiger partial charge on any atom is 0.329 e. The largest absolute Gasteiger partial charge is 0.489 e. The summed E-state index contributed by atoms with van der Waals surface area (Å²) in [6, 6.07) is 18.8. The van der Waals surface area contributed by atoms with Crippen LogP contribution in [-0.4, -0.2) is 18.0 Å². The minimum absolute atomic E-state index is 0.117. The summed E-state index contributed by atoms with van der Waals surface area (Å²) in [7, 11) is 0. The van der Waals surface area contributed by atoms with Crippen LogP contribution in [0.4, 0.5) is 10.1 Å². The number of hydrogen-bond acceptors (Lipinski definition) is 4. The molecule has 2 amide bonds. The smallest absolute Gasteiger partial charge is 0.329 e. The maximum absolute atomic E-state index is 13.6. The molecule has 3 rings (SSSR count). The second-order valence-corrected chi connectivity index (χ2v) is 6.92. The Hall–Kier alpha value is -4.00. The van der Waals surface area contributed by atoms with E-state index < -0.39 is 11.8 Å². The van der Waals surface area contributed by atoms with Crippen molar-refractivity contribution < 1.29 is 18.7 Å². The SMILES string of the molecule is Cc1ccc(NC(=O)C(=O)N/N=C/c2ccc(OCc3ccccc3F)cc2)c(C)c1. The third-order valence-corrected chi connectivity index (χ3v) is 4.45. The van der Waals surface area contributed by atoms with Gasteiger partial charge in [-0.05, 0) is 61.4 Å². The minimum atomic E-state index is -0.874. The molecule has 158 valence electrons. The molecule has 3 aromatic carbocycles. The van der Waals surface area contributed by atoms with Crippen molar-refractivity contribution in [1.82, 2.24) is 5.43 Å². The van der Waals surface area contributed by atoms with Crippen LogP contribution in [-0.2, 0) is 16.2 Å². The van der Waals surface area contributed by atoms with Gasteiger partial charge in [0.15, 0.2) is 0 Å². The van der Waals surface area contributed by atoms with Gasteiger partial charge in [-0.1, -0.05) is 35.9 Å². The van der Waals surface area contributed by atoms with Gasteiger partial charge in [0.05, 0.1) is 6.21 Å². The Morgan fingerprint density at radius 3 is 2.45 bits per heavy atom. The Balaban J connectivity index is 1.49. The van der Waals surface area contributed by atoms with Gasteiger partial charge in [0.1, 0.15) is 18.2 Å². The van der Waals surface area contributed by atoms with Crippen LogP contribution in [0.1, 0.15) is 22.3 Å². The molecule has 7 heteroatoms. The quantitative estimate of drug-likeness (QED) is 0.359. The van der Waals surface area contributed by atoms with Crippen LogP contribution >= 0.6 is 0 Å². The number of carbonyl (C=O) groups excluding carboxylic acids is 2. The summed E-state index contributed by atoms with van der Waals surface area (Å²) in [5.74, 6) is -1.43. The van der Waals surface area contributed by atoms with E-state index in [1.54, 1.807) is 48.5 Å². The van der Waals surface area contributed by atoms with Crippen molar-refractivity contribution in [2.24, 2.45) is 5.10 Å². The lowest BCUT2D eigenvalue weighted by Crippen LogP contribution is -2.32. The average Bonchev–Trinajstić information content (AvgIpc) is 2.76. The summed E-state index contributed by atoms with van der Waals surface area (Å²) in [6.07, 6.45) is 1.41. The van der Waals surface area contributed by atoms with E-state index in [0.717, 1.165) is 11.1 Å². The minimum Gasteiger partial charge on any atom is -0.489 e. The topological polar surface area (TPSA) is 79.8 Å². The molecule has 0 unspecified atom stereocenters. The molecule has 0 spiro atoms. The fourth-order valence-corrected chi connectivity index (χ4v) is 2.78. The lowest BCUT2D eigenvalue weighted by atomic mass is 10.1. The molecule has 31 heavy (non-hydrogen) atoms. The van der Waals surface area contributed by atoms with Gasteiger partial charge in [-0.2, -0.15) is 5.10 Å². The second-order valence-electron chi connectivity index (χ2n) is 6.92. The molecule has 0 aliphatic carbocycles. The number of halogens is 1. The predicted octanol–water partition coefficient (Wildman–Crippen LogP) is 4.11. The van der Waals surface area contributed by atoms with Gasteiger partial charge < -0.3 is 10.1 Å². The predicted molar refractivity (Wildman–Crippen MR) is 117 cm³/mol. The first-order chi connectivity index (χ1) is 14.9. The first kappa shape index (κ1) is 21.7. The molecule has 0 atom stereocenters. The summed E-state index contributed by atoms with van der Waals surface area (Å²) in [6.45, 7) is 3.91. The summed E-state index contributed by atoms with van der Waals surface area (Å²) < 4.78 is 19.2.